The summed E-state index contributed by atoms with van der Waals surface area (Å²) >= 11 is 6.12. The number of hydrogen-bond acceptors (Lipinski definition) is 6. The summed E-state index contributed by atoms with van der Waals surface area (Å²) in [7, 11) is 0. The Morgan fingerprint density at radius 3 is 2.46 bits per heavy atom. The van der Waals surface area contributed by atoms with E-state index in [1.54, 1.807) is 23.1 Å². The first-order chi connectivity index (χ1) is 12.7. The molecule has 0 atom stereocenters. The molecular formula is C18H19ClN4O3. The van der Waals surface area contributed by atoms with E-state index in [2.05, 4.69) is 15.5 Å². The first-order valence-electron chi connectivity index (χ1n) is 8.58. The van der Waals surface area contributed by atoms with Gasteiger partial charge in [0.1, 0.15) is 0 Å². The third-order valence-electron chi connectivity index (χ3n) is 4.65. The van der Waals surface area contributed by atoms with Crippen molar-refractivity contribution in [3.8, 4) is 0 Å². The highest BCUT2D eigenvalue weighted by Gasteiger charge is 2.41. The number of rotatable bonds is 3. The van der Waals surface area contributed by atoms with Crippen molar-refractivity contribution >= 4 is 29.0 Å². The lowest BCUT2D eigenvalue weighted by molar-refractivity contribution is -0.181. The van der Waals surface area contributed by atoms with E-state index in [1.807, 2.05) is 18.2 Å². The van der Waals surface area contributed by atoms with E-state index in [9.17, 15) is 4.79 Å². The number of carbonyl (C=O) groups is 1. The average Bonchev–Trinajstić information content (AvgIpc) is 3.12. The average molecular weight is 375 g/mol. The Hall–Kier alpha value is -2.22. The molecule has 0 radical (unpaired) electrons. The van der Waals surface area contributed by atoms with E-state index < -0.39 is 5.79 Å². The fourth-order valence-corrected chi connectivity index (χ4v) is 3.39. The number of amides is 1. The van der Waals surface area contributed by atoms with Gasteiger partial charge < -0.3 is 19.7 Å². The van der Waals surface area contributed by atoms with Gasteiger partial charge in [-0.2, -0.15) is 0 Å². The van der Waals surface area contributed by atoms with Gasteiger partial charge in [0.05, 0.1) is 23.9 Å². The SMILES string of the molecule is O=C(c1ccc(Nc2ccccc2Cl)nn1)N1CCC2(CC1)OCCO2. The number of carbonyl (C=O) groups excluding carboxylic acids is 1. The second kappa shape index (κ2) is 7.19. The molecule has 0 bridgehead atoms. The van der Waals surface area contributed by atoms with Crippen LogP contribution in [0.4, 0.5) is 11.5 Å². The summed E-state index contributed by atoms with van der Waals surface area (Å²) in [4.78, 5) is 14.4. The predicted molar refractivity (Wildman–Crippen MR) is 96.5 cm³/mol. The summed E-state index contributed by atoms with van der Waals surface area (Å²) in [6.07, 6.45) is 1.36. The Labute approximate surface area is 156 Å². The molecule has 0 unspecified atom stereocenters. The van der Waals surface area contributed by atoms with Crippen molar-refractivity contribution in [2.45, 2.75) is 18.6 Å². The molecule has 136 valence electrons. The van der Waals surface area contributed by atoms with Crippen LogP contribution in [-0.4, -0.2) is 53.1 Å². The Balaban J connectivity index is 1.39. The minimum Gasteiger partial charge on any atom is -0.347 e. The molecule has 7 nitrogen and oxygen atoms in total. The first kappa shape index (κ1) is 17.2. The second-order valence-electron chi connectivity index (χ2n) is 6.31. The van der Waals surface area contributed by atoms with Crippen LogP contribution in [-0.2, 0) is 9.47 Å². The molecule has 1 amide bonds. The van der Waals surface area contributed by atoms with Gasteiger partial charge >= 0.3 is 0 Å². The van der Waals surface area contributed by atoms with Gasteiger partial charge in [0.2, 0.25) is 0 Å². The fraction of sp³-hybridized carbons (Fsp3) is 0.389. The lowest BCUT2D eigenvalue weighted by Gasteiger charge is -2.37. The highest BCUT2D eigenvalue weighted by molar-refractivity contribution is 6.33. The Bertz CT molecular complexity index is 783. The normalized spacial score (nSPS) is 18.9. The molecule has 2 saturated heterocycles. The molecule has 2 aliphatic rings. The number of aromatic nitrogens is 2. The number of ether oxygens (including phenoxy) is 2. The molecule has 2 aromatic rings. The molecule has 26 heavy (non-hydrogen) atoms. The van der Waals surface area contributed by atoms with Crippen LogP contribution in [0.5, 0.6) is 0 Å². The highest BCUT2D eigenvalue weighted by Crippen LogP contribution is 2.31. The van der Waals surface area contributed by atoms with Crippen molar-refractivity contribution in [2.24, 2.45) is 0 Å². The Morgan fingerprint density at radius 2 is 1.81 bits per heavy atom. The minimum absolute atomic E-state index is 0.130. The van der Waals surface area contributed by atoms with Crippen molar-refractivity contribution in [3.05, 3.63) is 47.1 Å². The maximum absolute atomic E-state index is 12.6. The Morgan fingerprint density at radius 1 is 1.08 bits per heavy atom. The van der Waals surface area contributed by atoms with E-state index in [0.29, 0.717) is 55.7 Å². The minimum atomic E-state index is -0.495. The molecule has 1 N–H and O–H groups in total. The molecule has 3 heterocycles. The van der Waals surface area contributed by atoms with Crippen LogP contribution >= 0.6 is 11.6 Å². The first-order valence-corrected chi connectivity index (χ1v) is 8.96. The van der Waals surface area contributed by atoms with Crippen molar-refractivity contribution < 1.29 is 14.3 Å². The molecule has 1 aromatic heterocycles. The summed E-state index contributed by atoms with van der Waals surface area (Å²) in [6.45, 7) is 2.42. The zero-order chi connectivity index (χ0) is 18.0. The van der Waals surface area contributed by atoms with Gasteiger partial charge in [0, 0.05) is 25.9 Å². The number of hydrogen-bond donors (Lipinski definition) is 1. The molecule has 1 spiro atoms. The van der Waals surface area contributed by atoms with Gasteiger partial charge in [-0.15, -0.1) is 10.2 Å². The summed E-state index contributed by atoms with van der Waals surface area (Å²) in [5.74, 6) is -0.0970. The molecular weight excluding hydrogens is 356 g/mol. The van der Waals surface area contributed by atoms with Crippen molar-refractivity contribution in [2.75, 3.05) is 31.6 Å². The second-order valence-corrected chi connectivity index (χ2v) is 6.72. The molecule has 8 heteroatoms. The molecule has 4 rings (SSSR count). The molecule has 1 aromatic carbocycles. The van der Waals surface area contributed by atoms with Gasteiger partial charge in [-0.05, 0) is 24.3 Å². The van der Waals surface area contributed by atoms with Crippen LogP contribution < -0.4 is 5.32 Å². The van der Waals surface area contributed by atoms with Crippen LogP contribution in [0.1, 0.15) is 23.3 Å². The summed E-state index contributed by atoms with van der Waals surface area (Å²) < 4.78 is 11.4. The lowest BCUT2D eigenvalue weighted by atomic mass is 10.0. The molecule has 2 aliphatic heterocycles. The third-order valence-corrected chi connectivity index (χ3v) is 4.98. The van der Waals surface area contributed by atoms with Crippen molar-refractivity contribution in [1.29, 1.82) is 0 Å². The van der Waals surface area contributed by atoms with E-state index in [4.69, 9.17) is 21.1 Å². The number of para-hydroxylation sites is 1. The van der Waals surface area contributed by atoms with E-state index in [0.717, 1.165) is 5.69 Å². The number of benzene rings is 1. The fourth-order valence-electron chi connectivity index (χ4n) is 3.21. The number of nitrogens with zero attached hydrogens (tertiary/aromatic N) is 3. The van der Waals surface area contributed by atoms with E-state index in [1.165, 1.54) is 0 Å². The third kappa shape index (κ3) is 3.51. The standard InChI is InChI=1S/C18H19ClN4O3/c19-13-3-1-2-4-14(13)20-16-6-5-15(21-22-16)17(24)23-9-7-18(8-10-23)25-11-12-26-18/h1-6H,7-12H2,(H,20,22). The zero-order valence-electron chi connectivity index (χ0n) is 14.2. The number of likely N-dealkylation sites (tertiary alicyclic amines) is 1. The molecule has 0 saturated carbocycles. The quantitative estimate of drug-likeness (QED) is 0.890. The van der Waals surface area contributed by atoms with E-state index >= 15 is 0 Å². The van der Waals surface area contributed by atoms with Gasteiger partial charge in [0.25, 0.3) is 5.91 Å². The topological polar surface area (TPSA) is 76.6 Å². The van der Waals surface area contributed by atoms with Crippen LogP contribution in [0.2, 0.25) is 5.02 Å². The molecule has 2 fully saturated rings. The van der Waals surface area contributed by atoms with Crippen LogP contribution in [0, 0.1) is 0 Å². The largest absolute Gasteiger partial charge is 0.347 e. The van der Waals surface area contributed by atoms with Crippen molar-refractivity contribution in [3.63, 3.8) is 0 Å². The summed E-state index contributed by atoms with van der Waals surface area (Å²) in [5.41, 5.74) is 1.05. The monoisotopic (exact) mass is 374 g/mol. The maximum atomic E-state index is 12.6. The number of anilines is 2. The number of piperidine rings is 1. The smallest absolute Gasteiger partial charge is 0.274 e. The van der Waals surface area contributed by atoms with Gasteiger partial charge in [0.15, 0.2) is 17.3 Å². The van der Waals surface area contributed by atoms with Crippen LogP contribution in [0.15, 0.2) is 36.4 Å². The van der Waals surface area contributed by atoms with Gasteiger partial charge in [-0.1, -0.05) is 23.7 Å². The summed E-state index contributed by atoms with van der Waals surface area (Å²) in [5, 5.41) is 11.8. The van der Waals surface area contributed by atoms with Gasteiger partial charge in [-0.25, -0.2) is 0 Å². The van der Waals surface area contributed by atoms with Crippen molar-refractivity contribution in [1.82, 2.24) is 15.1 Å². The number of nitrogens with one attached hydrogen (secondary N) is 1. The van der Waals surface area contributed by atoms with Crippen LogP contribution in [0.3, 0.4) is 0 Å². The Kier molecular flexibility index (Phi) is 4.76. The predicted octanol–water partition coefficient (Wildman–Crippen LogP) is 2.85. The molecule has 0 aliphatic carbocycles. The van der Waals surface area contributed by atoms with Gasteiger partial charge in [-0.3, -0.25) is 4.79 Å². The summed E-state index contributed by atoms with van der Waals surface area (Å²) in [6, 6.07) is 10.8. The van der Waals surface area contributed by atoms with E-state index in [-0.39, 0.29) is 5.91 Å². The number of halogens is 1. The maximum Gasteiger partial charge on any atom is 0.274 e. The highest BCUT2D eigenvalue weighted by atomic mass is 35.5. The van der Waals surface area contributed by atoms with Crippen LogP contribution in [0.25, 0.3) is 0 Å². The lowest BCUT2D eigenvalue weighted by Crippen LogP contribution is -2.47. The zero-order valence-corrected chi connectivity index (χ0v) is 14.9.